The molecule has 1 aliphatic rings. The van der Waals surface area contributed by atoms with Gasteiger partial charge in [0.15, 0.2) is 5.11 Å². The summed E-state index contributed by atoms with van der Waals surface area (Å²) in [5.74, 6) is 0. The van der Waals surface area contributed by atoms with Crippen molar-refractivity contribution in [2.24, 2.45) is 0 Å². The number of thiocarbonyl (C=S) groups is 1. The quantitative estimate of drug-likeness (QED) is 0.660. The molecular formula is C17H16BrClN2S. The summed E-state index contributed by atoms with van der Waals surface area (Å²) < 4.78 is 0.875. The molecule has 0 heterocycles. The van der Waals surface area contributed by atoms with E-state index in [9.17, 15) is 0 Å². The molecule has 1 aliphatic carbocycles. The van der Waals surface area contributed by atoms with Crippen molar-refractivity contribution >= 4 is 50.5 Å². The summed E-state index contributed by atoms with van der Waals surface area (Å²) in [7, 11) is 0. The van der Waals surface area contributed by atoms with Gasteiger partial charge in [-0.2, -0.15) is 0 Å². The average Bonchev–Trinajstić information content (AvgIpc) is 2.51. The van der Waals surface area contributed by atoms with Crippen LogP contribution in [0.15, 0.2) is 46.9 Å². The predicted octanol–water partition coefficient (Wildman–Crippen LogP) is 5.47. The van der Waals surface area contributed by atoms with Gasteiger partial charge in [-0.05, 0) is 76.7 Å². The number of halogens is 2. The molecule has 0 saturated heterocycles. The second-order valence-electron chi connectivity index (χ2n) is 5.37. The largest absolute Gasteiger partial charge is 0.356 e. The van der Waals surface area contributed by atoms with E-state index < -0.39 is 0 Å². The third-order valence-electron chi connectivity index (χ3n) is 3.85. The van der Waals surface area contributed by atoms with E-state index in [1.165, 1.54) is 17.5 Å². The lowest BCUT2D eigenvalue weighted by Crippen LogP contribution is -2.34. The van der Waals surface area contributed by atoms with Crippen molar-refractivity contribution < 1.29 is 0 Å². The van der Waals surface area contributed by atoms with Crippen molar-refractivity contribution in [1.29, 1.82) is 0 Å². The fourth-order valence-electron chi connectivity index (χ4n) is 2.80. The summed E-state index contributed by atoms with van der Waals surface area (Å²) in [4.78, 5) is 0. The Morgan fingerprint density at radius 1 is 1.23 bits per heavy atom. The molecule has 2 nitrogen and oxygen atoms in total. The lowest BCUT2D eigenvalue weighted by atomic mass is 9.88. The van der Waals surface area contributed by atoms with Gasteiger partial charge in [-0.1, -0.05) is 35.9 Å². The minimum absolute atomic E-state index is 0.274. The van der Waals surface area contributed by atoms with Gasteiger partial charge < -0.3 is 10.6 Å². The summed E-state index contributed by atoms with van der Waals surface area (Å²) in [6.07, 6.45) is 3.43. The molecule has 0 unspecified atom stereocenters. The highest BCUT2D eigenvalue weighted by atomic mass is 79.9. The van der Waals surface area contributed by atoms with Crippen LogP contribution in [0.1, 0.15) is 30.0 Å². The third kappa shape index (κ3) is 3.62. The van der Waals surface area contributed by atoms with E-state index in [0.29, 0.717) is 10.1 Å². The van der Waals surface area contributed by atoms with Crippen molar-refractivity contribution in [2.45, 2.75) is 25.3 Å². The highest BCUT2D eigenvalue weighted by Gasteiger charge is 2.20. The Balaban J connectivity index is 1.69. The Kier molecular flexibility index (Phi) is 5.01. The van der Waals surface area contributed by atoms with E-state index in [2.05, 4.69) is 50.8 Å². The molecule has 3 rings (SSSR count). The number of nitrogens with one attached hydrogen (secondary N) is 2. The Hall–Kier alpha value is -1.10. The smallest absolute Gasteiger partial charge is 0.171 e. The standard InChI is InChI=1S/C17H16BrClN2S/c18-14-9-8-12(10-15(14)19)20-17(22)21-16-7-3-5-11-4-1-2-6-13(11)16/h1-2,4,6,8-10,16H,3,5,7H2,(H2,20,21,22)/t16-/m0/s1. The minimum atomic E-state index is 0.274. The van der Waals surface area contributed by atoms with Gasteiger partial charge in [-0.15, -0.1) is 0 Å². The molecule has 0 aromatic heterocycles. The van der Waals surface area contributed by atoms with Crippen LogP contribution in [-0.4, -0.2) is 5.11 Å². The predicted molar refractivity (Wildman–Crippen MR) is 101 cm³/mol. The molecule has 2 aromatic carbocycles. The average molecular weight is 396 g/mol. The van der Waals surface area contributed by atoms with Crippen molar-refractivity contribution in [2.75, 3.05) is 5.32 Å². The molecule has 1 atom stereocenters. The van der Waals surface area contributed by atoms with Crippen LogP contribution in [-0.2, 0) is 6.42 Å². The molecule has 0 saturated carbocycles. The van der Waals surface area contributed by atoms with Gasteiger partial charge in [0, 0.05) is 10.2 Å². The lowest BCUT2D eigenvalue weighted by Gasteiger charge is -2.27. The molecule has 114 valence electrons. The maximum Gasteiger partial charge on any atom is 0.171 e. The van der Waals surface area contributed by atoms with Crippen molar-refractivity contribution in [1.82, 2.24) is 5.32 Å². The molecule has 22 heavy (non-hydrogen) atoms. The van der Waals surface area contributed by atoms with E-state index in [-0.39, 0.29) is 6.04 Å². The molecule has 0 fully saturated rings. The third-order valence-corrected chi connectivity index (χ3v) is 5.30. The second-order valence-corrected chi connectivity index (χ2v) is 7.04. The first-order valence-electron chi connectivity index (χ1n) is 7.24. The van der Waals surface area contributed by atoms with Crippen LogP contribution in [0.25, 0.3) is 0 Å². The normalized spacial score (nSPS) is 16.7. The van der Waals surface area contributed by atoms with Crippen LogP contribution in [0.3, 0.4) is 0 Å². The number of rotatable bonds is 2. The van der Waals surface area contributed by atoms with E-state index in [0.717, 1.165) is 23.0 Å². The minimum Gasteiger partial charge on any atom is -0.356 e. The van der Waals surface area contributed by atoms with Crippen molar-refractivity contribution in [3.63, 3.8) is 0 Å². The van der Waals surface area contributed by atoms with Crippen molar-refractivity contribution in [3.8, 4) is 0 Å². The first kappa shape index (κ1) is 15.8. The number of hydrogen-bond donors (Lipinski definition) is 2. The summed E-state index contributed by atoms with van der Waals surface area (Å²) in [5, 5.41) is 7.91. The van der Waals surface area contributed by atoms with Crippen LogP contribution in [0.2, 0.25) is 5.02 Å². The van der Waals surface area contributed by atoms with E-state index in [1.54, 1.807) is 0 Å². The van der Waals surface area contributed by atoms with Gasteiger partial charge in [0.2, 0.25) is 0 Å². The Morgan fingerprint density at radius 2 is 2.05 bits per heavy atom. The van der Waals surface area contributed by atoms with E-state index in [1.807, 2.05) is 18.2 Å². The molecule has 0 spiro atoms. The fraction of sp³-hybridized carbons (Fsp3) is 0.235. The van der Waals surface area contributed by atoms with Crippen LogP contribution < -0.4 is 10.6 Å². The van der Waals surface area contributed by atoms with Gasteiger partial charge in [0.25, 0.3) is 0 Å². The summed E-state index contributed by atoms with van der Waals surface area (Å²) in [6.45, 7) is 0. The Bertz CT molecular complexity index is 705. The number of anilines is 1. The van der Waals surface area contributed by atoms with E-state index >= 15 is 0 Å². The SMILES string of the molecule is S=C(Nc1ccc(Br)c(Cl)c1)N[C@H]1CCCc2ccccc21. The summed E-state index contributed by atoms with van der Waals surface area (Å²) in [6, 6.07) is 14.6. The zero-order valence-corrected chi connectivity index (χ0v) is 15.1. The second kappa shape index (κ2) is 6.99. The van der Waals surface area contributed by atoms with Gasteiger partial charge in [0.05, 0.1) is 11.1 Å². The summed E-state index contributed by atoms with van der Waals surface area (Å²) >= 11 is 14.9. The van der Waals surface area contributed by atoms with Crippen LogP contribution in [0.4, 0.5) is 5.69 Å². The highest BCUT2D eigenvalue weighted by molar-refractivity contribution is 9.10. The molecule has 0 aliphatic heterocycles. The Morgan fingerprint density at radius 3 is 2.86 bits per heavy atom. The highest BCUT2D eigenvalue weighted by Crippen LogP contribution is 2.30. The number of hydrogen-bond acceptors (Lipinski definition) is 1. The van der Waals surface area contributed by atoms with Crippen molar-refractivity contribution in [3.05, 3.63) is 63.1 Å². The maximum absolute atomic E-state index is 6.11. The fourth-order valence-corrected chi connectivity index (χ4v) is 3.49. The molecule has 2 aromatic rings. The van der Waals surface area contributed by atoms with Crippen LogP contribution in [0.5, 0.6) is 0 Å². The zero-order valence-electron chi connectivity index (χ0n) is 11.9. The topological polar surface area (TPSA) is 24.1 Å². The van der Waals surface area contributed by atoms with Gasteiger partial charge in [0.1, 0.15) is 0 Å². The molecular weight excluding hydrogens is 380 g/mol. The number of fused-ring (bicyclic) bond motifs is 1. The first-order valence-corrected chi connectivity index (χ1v) is 8.82. The Labute approximate surface area is 149 Å². The molecule has 0 amide bonds. The zero-order chi connectivity index (χ0) is 15.5. The van der Waals surface area contributed by atoms with Gasteiger partial charge in [-0.25, -0.2) is 0 Å². The molecule has 2 N–H and O–H groups in total. The van der Waals surface area contributed by atoms with Gasteiger partial charge >= 0.3 is 0 Å². The first-order chi connectivity index (χ1) is 10.6. The molecule has 0 radical (unpaired) electrons. The van der Waals surface area contributed by atoms with Crippen LogP contribution in [0, 0.1) is 0 Å². The van der Waals surface area contributed by atoms with Gasteiger partial charge in [-0.3, -0.25) is 0 Å². The molecule has 0 bridgehead atoms. The van der Waals surface area contributed by atoms with Crippen LogP contribution >= 0.6 is 39.7 Å². The van der Waals surface area contributed by atoms with E-state index in [4.69, 9.17) is 23.8 Å². The maximum atomic E-state index is 6.11. The monoisotopic (exact) mass is 394 g/mol. The summed E-state index contributed by atoms with van der Waals surface area (Å²) in [5.41, 5.74) is 3.65. The number of aryl methyl sites for hydroxylation is 1. The lowest BCUT2D eigenvalue weighted by molar-refractivity contribution is 0.529. The number of benzene rings is 2. The molecule has 5 heteroatoms.